The maximum absolute atomic E-state index is 13.8. The van der Waals surface area contributed by atoms with E-state index in [9.17, 15) is 13.2 Å². The minimum absolute atomic E-state index is 0.00524. The summed E-state index contributed by atoms with van der Waals surface area (Å²) in [5.74, 6) is -2.48. The normalized spacial score (nSPS) is 42.0. The molecule has 3 rings (SSSR count). The van der Waals surface area contributed by atoms with Crippen LogP contribution in [-0.2, 0) is 0 Å². The van der Waals surface area contributed by atoms with Crippen LogP contribution in [0.3, 0.4) is 0 Å². The molecule has 0 aromatic rings. The van der Waals surface area contributed by atoms with Crippen LogP contribution in [0, 0.1) is 10.8 Å². The van der Waals surface area contributed by atoms with Crippen molar-refractivity contribution in [3.05, 3.63) is 0 Å². The van der Waals surface area contributed by atoms with Gasteiger partial charge < -0.3 is 0 Å². The Morgan fingerprint density at radius 1 is 1.11 bits per heavy atom. The molecule has 2 heterocycles. The molecule has 0 aromatic carbocycles. The van der Waals surface area contributed by atoms with Gasteiger partial charge in [0.15, 0.2) is 0 Å². The molecule has 0 N–H and O–H groups in total. The molecule has 0 bridgehead atoms. The molecule has 2 atom stereocenters. The van der Waals surface area contributed by atoms with Gasteiger partial charge in [0.1, 0.15) is 6.17 Å². The van der Waals surface area contributed by atoms with Gasteiger partial charge in [0.2, 0.25) is 5.92 Å². The molecule has 0 aromatic heterocycles. The smallest absolute Gasteiger partial charge is 0.249 e. The third-order valence-corrected chi connectivity index (χ3v) is 5.44. The van der Waals surface area contributed by atoms with Crippen LogP contribution in [0.25, 0.3) is 0 Å². The first-order valence-corrected chi connectivity index (χ1v) is 6.85. The van der Waals surface area contributed by atoms with Crippen LogP contribution in [0.4, 0.5) is 13.2 Å². The first-order chi connectivity index (χ1) is 8.08. The van der Waals surface area contributed by atoms with Crippen molar-refractivity contribution in [2.45, 2.75) is 64.1 Å². The molecule has 104 valence electrons. The number of rotatable bonds is 0. The topological polar surface area (TPSA) is 3.24 Å². The molecule has 1 nitrogen and oxygen atoms in total. The van der Waals surface area contributed by atoms with E-state index in [-0.39, 0.29) is 29.2 Å². The van der Waals surface area contributed by atoms with Crippen molar-refractivity contribution in [1.82, 2.24) is 4.90 Å². The number of hydrogen-bond donors (Lipinski definition) is 0. The fourth-order valence-corrected chi connectivity index (χ4v) is 4.78. The third-order valence-electron chi connectivity index (χ3n) is 5.44. The van der Waals surface area contributed by atoms with Crippen LogP contribution in [0.5, 0.6) is 0 Å². The molecule has 2 aliphatic heterocycles. The van der Waals surface area contributed by atoms with Crippen LogP contribution < -0.4 is 0 Å². The highest BCUT2D eigenvalue weighted by atomic mass is 19.3. The number of halogens is 3. The maximum atomic E-state index is 13.8. The lowest BCUT2D eigenvalue weighted by atomic mass is 9.59. The lowest BCUT2D eigenvalue weighted by Gasteiger charge is -2.48. The summed E-state index contributed by atoms with van der Waals surface area (Å²) >= 11 is 0. The molecule has 3 fully saturated rings. The Balaban J connectivity index is 1.88. The fraction of sp³-hybridized carbons (Fsp3) is 1.00. The van der Waals surface area contributed by atoms with E-state index in [2.05, 4.69) is 25.7 Å². The van der Waals surface area contributed by atoms with Gasteiger partial charge in [-0.3, -0.25) is 4.90 Å². The van der Waals surface area contributed by atoms with E-state index in [1.165, 1.54) is 0 Å². The molecule has 3 aliphatic rings. The molecule has 2 saturated heterocycles. The zero-order valence-electron chi connectivity index (χ0n) is 11.4. The van der Waals surface area contributed by atoms with Gasteiger partial charge in [-0.15, -0.1) is 0 Å². The summed E-state index contributed by atoms with van der Waals surface area (Å²) in [4.78, 5) is 2.17. The molecule has 4 heteroatoms. The second-order valence-corrected chi connectivity index (χ2v) is 7.85. The average Bonchev–Trinajstić information content (AvgIpc) is 2.50. The van der Waals surface area contributed by atoms with E-state index in [0.29, 0.717) is 19.5 Å². The van der Waals surface area contributed by atoms with Gasteiger partial charge in [-0.1, -0.05) is 20.8 Å². The van der Waals surface area contributed by atoms with Crippen LogP contribution >= 0.6 is 0 Å². The van der Waals surface area contributed by atoms with Gasteiger partial charge in [0, 0.05) is 31.5 Å². The Kier molecular flexibility index (Phi) is 2.31. The largest absolute Gasteiger partial charge is 0.294 e. The second kappa shape index (κ2) is 3.25. The lowest BCUT2D eigenvalue weighted by molar-refractivity contribution is -0.158. The summed E-state index contributed by atoms with van der Waals surface area (Å²) in [5, 5.41) is 0. The standard InChI is InChI=1S/C14H22F3N/c1-11(2,3)13-4-10(15)5-18(13)9-12(6-13)7-14(16,17)8-12/h10H,4-9H2,1-3H3. The number of fused-ring (bicyclic) bond motifs is 1. The number of alkyl halides is 3. The summed E-state index contributed by atoms with van der Waals surface area (Å²) in [5.41, 5.74) is -0.498. The highest BCUT2D eigenvalue weighted by molar-refractivity contribution is 5.19. The summed E-state index contributed by atoms with van der Waals surface area (Å²) in [6.07, 6.45) is 0.488. The molecule has 2 unspecified atom stereocenters. The minimum Gasteiger partial charge on any atom is -0.294 e. The summed E-state index contributed by atoms with van der Waals surface area (Å²) < 4.78 is 40.2. The molecule has 1 aliphatic carbocycles. The van der Waals surface area contributed by atoms with E-state index >= 15 is 0 Å². The Bertz CT molecular complexity index is 366. The van der Waals surface area contributed by atoms with Gasteiger partial charge >= 0.3 is 0 Å². The zero-order chi connectivity index (χ0) is 13.4. The monoisotopic (exact) mass is 261 g/mol. The van der Waals surface area contributed by atoms with Crippen LogP contribution in [-0.4, -0.2) is 35.6 Å². The molecule has 0 amide bonds. The molecule has 0 radical (unpaired) electrons. The molecule has 1 saturated carbocycles. The van der Waals surface area contributed by atoms with Crippen LogP contribution in [0.2, 0.25) is 0 Å². The number of hydrogen-bond acceptors (Lipinski definition) is 1. The summed E-state index contributed by atoms with van der Waals surface area (Å²) in [6, 6.07) is 0. The van der Waals surface area contributed by atoms with Gasteiger partial charge in [-0.2, -0.15) is 0 Å². The zero-order valence-corrected chi connectivity index (χ0v) is 11.4. The van der Waals surface area contributed by atoms with Crippen molar-refractivity contribution in [3.8, 4) is 0 Å². The Morgan fingerprint density at radius 2 is 1.72 bits per heavy atom. The van der Waals surface area contributed by atoms with E-state index in [1.54, 1.807) is 0 Å². The predicted octanol–water partition coefficient (Wildman–Crippen LogP) is 3.63. The lowest BCUT2D eigenvalue weighted by Crippen LogP contribution is -2.50. The van der Waals surface area contributed by atoms with Crippen molar-refractivity contribution in [1.29, 1.82) is 0 Å². The van der Waals surface area contributed by atoms with Gasteiger partial charge in [0.05, 0.1) is 0 Å². The molecular weight excluding hydrogens is 239 g/mol. The number of nitrogens with zero attached hydrogens (tertiary/aromatic N) is 1. The van der Waals surface area contributed by atoms with Crippen LogP contribution in [0.1, 0.15) is 46.5 Å². The summed E-state index contributed by atoms with van der Waals surface area (Å²) in [6.45, 7) is 7.46. The van der Waals surface area contributed by atoms with E-state index in [4.69, 9.17) is 0 Å². The highest BCUT2D eigenvalue weighted by Crippen LogP contribution is 2.65. The minimum atomic E-state index is -2.48. The van der Waals surface area contributed by atoms with Crippen LogP contribution in [0.15, 0.2) is 0 Å². The Morgan fingerprint density at radius 3 is 2.17 bits per heavy atom. The van der Waals surface area contributed by atoms with Crippen molar-refractivity contribution >= 4 is 0 Å². The van der Waals surface area contributed by atoms with Crippen molar-refractivity contribution in [2.24, 2.45) is 10.8 Å². The summed E-state index contributed by atoms with van der Waals surface area (Å²) in [7, 11) is 0. The van der Waals surface area contributed by atoms with Gasteiger partial charge in [0.25, 0.3) is 0 Å². The van der Waals surface area contributed by atoms with Gasteiger partial charge in [-0.05, 0) is 23.7 Å². The first kappa shape index (κ1) is 12.8. The van der Waals surface area contributed by atoms with E-state index in [0.717, 1.165) is 6.42 Å². The van der Waals surface area contributed by atoms with E-state index in [1.807, 2.05) is 0 Å². The first-order valence-electron chi connectivity index (χ1n) is 6.85. The SMILES string of the molecule is CC(C)(C)C12CC(F)CN1CC1(CC(F)(F)C1)C2. The maximum Gasteiger partial charge on any atom is 0.249 e. The predicted molar refractivity (Wildman–Crippen MR) is 64.5 cm³/mol. The Hall–Kier alpha value is -0.250. The highest BCUT2D eigenvalue weighted by Gasteiger charge is 2.68. The van der Waals surface area contributed by atoms with Crippen molar-refractivity contribution in [2.75, 3.05) is 13.1 Å². The molecule has 18 heavy (non-hydrogen) atoms. The van der Waals surface area contributed by atoms with Crippen molar-refractivity contribution in [3.63, 3.8) is 0 Å². The van der Waals surface area contributed by atoms with Gasteiger partial charge in [-0.25, -0.2) is 13.2 Å². The Labute approximate surface area is 107 Å². The molecular formula is C14H22F3N. The van der Waals surface area contributed by atoms with Crippen molar-refractivity contribution < 1.29 is 13.2 Å². The average molecular weight is 261 g/mol. The second-order valence-electron chi connectivity index (χ2n) is 7.85. The quantitative estimate of drug-likeness (QED) is 0.643. The third kappa shape index (κ3) is 1.57. The fourth-order valence-electron chi connectivity index (χ4n) is 4.78. The van der Waals surface area contributed by atoms with E-state index < -0.39 is 12.1 Å². The molecule has 1 spiro atoms.